The van der Waals surface area contributed by atoms with E-state index in [2.05, 4.69) is 5.10 Å². The minimum absolute atomic E-state index is 0.0615. The summed E-state index contributed by atoms with van der Waals surface area (Å²) in [4.78, 5) is 23.9. The highest BCUT2D eigenvalue weighted by atomic mass is 35.5. The fourth-order valence-corrected chi connectivity index (χ4v) is 1.96. The van der Waals surface area contributed by atoms with Crippen LogP contribution in [0.4, 0.5) is 0 Å². The molecule has 0 saturated carbocycles. The number of carbonyl (C=O) groups excluding carboxylic acids is 1. The Morgan fingerprint density at radius 2 is 1.95 bits per heavy atom. The maximum absolute atomic E-state index is 12.1. The minimum atomic E-state index is -0.594. The second kappa shape index (κ2) is 6.74. The molecule has 110 valence electrons. The number of hydrogen-bond donors (Lipinski definition) is 0. The molecule has 5 nitrogen and oxygen atoms in total. The highest BCUT2D eigenvalue weighted by molar-refractivity contribution is 6.41. The van der Waals surface area contributed by atoms with Crippen LogP contribution in [0.1, 0.15) is 17.3 Å². The smallest absolute Gasteiger partial charge is 0.287 e. The maximum Gasteiger partial charge on any atom is 0.287 e. The number of rotatable bonds is 5. The van der Waals surface area contributed by atoms with Crippen LogP contribution >= 0.6 is 23.2 Å². The Morgan fingerprint density at radius 3 is 2.57 bits per heavy atom. The van der Waals surface area contributed by atoms with Gasteiger partial charge >= 0.3 is 0 Å². The van der Waals surface area contributed by atoms with Gasteiger partial charge in [-0.05, 0) is 31.2 Å². The molecule has 0 aliphatic carbocycles. The van der Waals surface area contributed by atoms with Gasteiger partial charge in [0.1, 0.15) is 17.3 Å². The molecular weight excluding hydrogens is 315 g/mol. The van der Waals surface area contributed by atoms with E-state index in [1.807, 2.05) is 6.92 Å². The first-order valence-corrected chi connectivity index (χ1v) is 6.95. The highest BCUT2D eigenvalue weighted by Crippen LogP contribution is 2.15. The van der Waals surface area contributed by atoms with Gasteiger partial charge in [0.25, 0.3) is 5.56 Å². The molecule has 0 saturated heterocycles. The summed E-state index contributed by atoms with van der Waals surface area (Å²) in [6.45, 7) is 2.22. The first kappa shape index (κ1) is 15.5. The van der Waals surface area contributed by atoms with Crippen LogP contribution in [-0.4, -0.2) is 22.2 Å². The standard InChI is InChI=1S/C14H12Cl2N2O3/c1-2-21-10-5-3-9(4-6-10)12(19)8-18-14(20)13(16)11(15)7-17-18/h3-7H,2,8H2,1H3. The molecule has 1 heterocycles. The van der Waals surface area contributed by atoms with Gasteiger partial charge in [-0.3, -0.25) is 9.59 Å². The summed E-state index contributed by atoms with van der Waals surface area (Å²) in [5, 5.41) is 3.71. The van der Waals surface area contributed by atoms with E-state index in [0.29, 0.717) is 17.9 Å². The zero-order valence-corrected chi connectivity index (χ0v) is 12.7. The third-order valence-electron chi connectivity index (χ3n) is 2.72. The summed E-state index contributed by atoms with van der Waals surface area (Å²) in [6, 6.07) is 6.66. The second-order valence-electron chi connectivity index (χ2n) is 4.15. The number of Topliss-reactive ketones (excluding diaryl/α,β-unsaturated/α-hetero) is 1. The number of benzene rings is 1. The predicted octanol–water partition coefficient (Wildman–Crippen LogP) is 2.83. The Balaban J connectivity index is 2.18. The van der Waals surface area contributed by atoms with Gasteiger partial charge in [0.15, 0.2) is 5.78 Å². The molecule has 0 bridgehead atoms. The average molecular weight is 327 g/mol. The van der Waals surface area contributed by atoms with Gasteiger partial charge in [0, 0.05) is 5.56 Å². The minimum Gasteiger partial charge on any atom is -0.494 e. The lowest BCUT2D eigenvalue weighted by atomic mass is 10.1. The van der Waals surface area contributed by atoms with Crippen LogP contribution in [0.15, 0.2) is 35.3 Å². The van der Waals surface area contributed by atoms with Gasteiger partial charge < -0.3 is 4.74 Å². The van der Waals surface area contributed by atoms with Crippen LogP contribution in [0.2, 0.25) is 10.0 Å². The highest BCUT2D eigenvalue weighted by Gasteiger charge is 2.12. The largest absolute Gasteiger partial charge is 0.494 e. The molecule has 1 aromatic heterocycles. The van der Waals surface area contributed by atoms with Crippen LogP contribution in [0.5, 0.6) is 5.75 Å². The third-order valence-corrected chi connectivity index (χ3v) is 3.47. The lowest BCUT2D eigenvalue weighted by molar-refractivity contribution is 0.0965. The normalized spacial score (nSPS) is 10.4. The number of ketones is 1. The van der Waals surface area contributed by atoms with E-state index in [0.717, 1.165) is 4.68 Å². The average Bonchev–Trinajstić information content (AvgIpc) is 2.49. The van der Waals surface area contributed by atoms with Gasteiger partial charge in [-0.1, -0.05) is 23.2 Å². The fraction of sp³-hybridized carbons (Fsp3) is 0.214. The quantitative estimate of drug-likeness (QED) is 0.792. The molecule has 1 aromatic carbocycles. The number of ether oxygens (including phenoxy) is 1. The van der Waals surface area contributed by atoms with Crippen LogP contribution < -0.4 is 10.3 Å². The van der Waals surface area contributed by atoms with Gasteiger partial charge in [0.05, 0.1) is 17.8 Å². The number of nitrogens with zero attached hydrogens (tertiary/aromatic N) is 2. The van der Waals surface area contributed by atoms with Crippen molar-refractivity contribution in [1.82, 2.24) is 9.78 Å². The lowest BCUT2D eigenvalue weighted by Gasteiger charge is -2.06. The summed E-state index contributed by atoms with van der Waals surface area (Å²) < 4.78 is 6.28. The first-order valence-electron chi connectivity index (χ1n) is 6.20. The molecule has 0 atom stereocenters. The molecule has 7 heteroatoms. The van der Waals surface area contributed by atoms with E-state index in [4.69, 9.17) is 27.9 Å². The van der Waals surface area contributed by atoms with E-state index in [1.165, 1.54) is 6.20 Å². The van der Waals surface area contributed by atoms with Gasteiger partial charge in [-0.15, -0.1) is 0 Å². The van der Waals surface area contributed by atoms with E-state index in [1.54, 1.807) is 24.3 Å². The molecule has 0 unspecified atom stereocenters. The Morgan fingerprint density at radius 1 is 1.29 bits per heavy atom. The molecule has 0 amide bonds. The zero-order valence-electron chi connectivity index (χ0n) is 11.2. The van der Waals surface area contributed by atoms with Crippen molar-refractivity contribution in [2.75, 3.05) is 6.61 Å². The van der Waals surface area contributed by atoms with Crippen molar-refractivity contribution in [3.63, 3.8) is 0 Å². The van der Waals surface area contributed by atoms with Crippen molar-refractivity contribution in [1.29, 1.82) is 0 Å². The van der Waals surface area contributed by atoms with Gasteiger partial charge in [0.2, 0.25) is 0 Å². The summed E-state index contributed by atoms with van der Waals surface area (Å²) in [7, 11) is 0. The fourth-order valence-electron chi connectivity index (χ4n) is 1.69. The van der Waals surface area contributed by atoms with Crippen molar-refractivity contribution in [2.45, 2.75) is 13.5 Å². The maximum atomic E-state index is 12.1. The molecule has 2 rings (SSSR count). The molecular formula is C14H12Cl2N2O3. The van der Waals surface area contributed by atoms with Gasteiger partial charge in [-0.25, -0.2) is 4.68 Å². The molecule has 0 aliphatic rings. The molecule has 0 aliphatic heterocycles. The third kappa shape index (κ3) is 3.62. The number of aromatic nitrogens is 2. The van der Waals surface area contributed by atoms with Crippen molar-refractivity contribution in [3.8, 4) is 5.75 Å². The monoisotopic (exact) mass is 326 g/mol. The summed E-state index contributed by atoms with van der Waals surface area (Å²) in [6.07, 6.45) is 1.23. The van der Waals surface area contributed by atoms with Crippen molar-refractivity contribution < 1.29 is 9.53 Å². The van der Waals surface area contributed by atoms with Crippen LogP contribution in [0, 0.1) is 0 Å². The second-order valence-corrected chi connectivity index (χ2v) is 4.94. The first-order chi connectivity index (χ1) is 10.0. The lowest BCUT2D eigenvalue weighted by Crippen LogP contribution is -2.27. The van der Waals surface area contributed by atoms with Crippen molar-refractivity contribution in [3.05, 3.63) is 56.4 Å². The molecule has 0 radical (unpaired) electrons. The van der Waals surface area contributed by atoms with Crippen LogP contribution in [0.3, 0.4) is 0 Å². The molecule has 21 heavy (non-hydrogen) atoms. The topological polar surface area (TPSA) is 61.2 Å². The van der Waals surface area contributed by atoms with E-state index >= 15 is 0 Å². The Bertz CT molecular complexity index is 711. The van der Waals surface area contributed by atoms with Gasteiger partial charge in [-0.2, -0.15) is 5.10 Å². The molecule has 0 spiro atoms. The van der Waals surface area contributed by atoms with E-state index in [9.17, 15) is 9.59 Å². The van der Waals surface area contributed by atoms with Crippen LogP contribution in [-0.2, 0) is 6.54 Å². The summed E-state index contributed by atoms with van der Waals surface area (Å²) >= 11 is 11.4. The Hall–Kier alpha value is -1.85. The van der Waals surface area contributed by atoms with Crippen molar-refractivity contribution >= 4 is 29.0 Å². The predicted molar refractivity (Wildman–Crippen MR) is 80.5 cm³/mol. The van der Waals surface area contributed by atoms with E-state index < -0.39 is 5.56 Å². The summed E-state index contributed by atoms with van der Waals surface area (Å²) in [5.74, 6) is 0.421. The Labute approximate surface area is 131 Å². The number of halogens is 2. The molecule has 0 fully saturated rings. The SMILES string of the molecule is CCOc1ccc(C(=O)Cn2ncc(Cl)c(Cl)c2=O)cc1. The molecule has 0 N–H and O–H groups in total. The zero-order chi connectivity index (χ0) is 15.4. The van der Waals surface area contributed by atoms with E-state index in [-0.39, 0.29) is 22.4 Å². The number of hydrogen-bond acceptors (Lipinski definition) is 4. The molecule has 2 aromatic rings. The Kier molecular flexibility index (Phi) is 4.98. The van der Waals surface area contributed by atoms with Crippen LogP contribution in [0.25, 0.3) is 0 Å². The van der Waals surface area contributed by atoms with Crippen molar-refractivity contribution in [2.24, 2.45) is 0 Å². The number of carbonyl (C=O) groups is 1. The summed E-state index contributed by atoms with van der Waals surface area (Å²) in [5.41, 5.74) is -0.137.